The first-order valence-electron chi connectivity index (χ1n) is 10.1. The van der Waals surface area contributed by atoms with E-state index in [0.717, 1.165) is 50.9 Å². The zero-order chi connectivity index (χ0) is 19.1. The standard InChI is InChI=1S/C22H30N4O/c1-15-8-11-19(16(2)14-15)26-20-7-5-6-18(20)21(23-26)22(27)25(17-9-10-17)13-12-24(3)4/h8,11,14,17H,5-7,9-10,12-13H2,1-4H3. The third-order valence-electron chi connectivity index (χ3n) is 5.75. The van der Waals surface area contributed by atoms with Crippen molar-refractivity contribution in [3.8, 4) is 5.69 Å². The molecule has 1 saturated carbocycles. The van der Waals surface area contributed by atoms with Crippen LogP contribution in [0.3, 0.4) is 0 Å². The van der Waals surface area contributed by atoms with Crippen LogP contribution in [0.2, 0.25) is 0 Å². The topological polar surface area (TPSA) is 41.4 Å². The summed E-state index contributed by atoms with van der Waals surface area (Å²) >= 11 is 0. The van der Waals surface area contributed by atoms with Crippen LogP contribution < -0.4 is 0 Å². The van der Waals surface area contributed by atoms with Gasteiger partial charge in [-0.25, -0.2) is 4.68 Å². The monoisotopic (exact) mass is 366 g/mol. The van der Waals surface area contributed by atoms with Crippen molar-refractivity contribution >= 4 is 5.91 Å². The highest BCUT2D eigenvalue weighted by Crippen LogP contribution is 2.33. The van der Waals surface area contributed by atoms with Gasteiger partial charge in [0.1, 0.15) is 0 Å². The number of aryl methyl sites for hydroxylation is 2. The van der Waals surface area contributed by atoms with Crippen molar-refractivity contribution in [3.63, 3.8) is 0 Å². The Kier molecular flexibility index (Phi) is 4.81. The number of hydrogen-bond donors (Lipinski definition) is 0. The first-order valence-corrected chi connectivity index (χ1v) is 10.1. The molecule has 0 saturated heterocycles. The van der Waals surface area contributed by atoms with Gasteiger partial charge in [-0.1, -0.05) is 17.7 Å². The third kappa shape index (κ3) is 3.53. The Hall–Kier alpha value is -2.14. The second-order valence-electron chi connectivity index (χ2n) is 8.36. The average Bonchev–Trinajstić information content (AvgIpc) is 3.21. The van der Waals surface area contributed by atoms with Crippen LogP contribution in [-0.2, 0) is 12.8 Å². The molecule has 1 amide bonds. The fraction of sp³-hybridized carbons (Fsp3) is 0.545. The Balaban J connectivity index is 1.70. The van der Waals surface area contributed by atoms with Crippen molar-refractivity contribution in [2.45, 2.75) is 52.0 Å². The van der Waals surface area contributed by atoms with Gasteiger partial charge >= 0.3 is 0 Å². The van der Waals surface area contributed by atoms with Crippen LogP contribution in [0.15, 0.2) is 18.2 Å². The Morgan fingerprint density at radius 3 is 2.63 bits per heavy atom. The number of hydrogen-bond acceptors (Lipinski definition) is 3. The SMILES string of the molecule is Cc1ccc(-n2nc(C(=O)N(CCN(C)C)C3CC3)c3c2CCC3)c(C)c1. The zero-order valence-corrected chi connectivity index (χ0v) is 17.0. The Morgan fingerprint density at radius 2 is 1.96 bits per heavy atom. The molecule has 27 heavy (non-hydrogen) atoms. The molecule has 1 aromatic heterocycles. The van der Waals surface area contributed by atoms with Gasteiger partial charge in [0.15, 0.2) is 5.69 Å². The molecule has 2 aromatic rings. The molecule has 2 aliphatic rings. The van der Waals surface area contributed by atoms with Gasteiger partial charge < -0.3 is 9.80 Å². The van der Waals surface area contributed by atoms with Crippen molar-refractivity contribution in [3.05, 3.63) is 46.3 Å². The summed E-state index contributed by atoms with van der Waals surface area (Å²) in [5.41, 5.74) is 6.65. The quantitative estimate of drug-likeness (QED) is 0.789. The van der Waals surface area contributed by atoms with E-state index in [-0.39, 0.29) is 5.91 Å². The molecule has 0 radical (unpaired) electrons. The van der Waals surface area contributed by atoms with Crippen molar-refractivity contribution in [1.29, 1.82) is 0 Å². The van der Waals surface area contributed by atoms with Gasteiger partial charge in [-0.3, -0.25) is 4.79 Å². The molecule has 1 fully saturated rings. The molecule has 5 heteroatoms. The van der Waals surface area contributed by atoms with Crippen LogP contribution in [0, 0.1) is 13.8 Å². The highest BCUT2D eigenvalue weighted by atomic mass is 16.2. The van der Waals surface area contributed by atoms with E-state index in [1.165, 1.54) is 22.4 Å². The number of rotatable bonds is 6. The number of carbonyl (C=O) groups is 1. The number of benzene rings is 1. The first-order chi connectivity index (χ1) is 13.0. The number of carbonyl (C=O) groups excluding carboxylic acids is 1. The van der Waals surface area contributed by atoms with Gasteiger partial charge in [0, 0.05) is 30.4 Å². The maximum absolute atomic E-state index is 13.4. The van der Waals surface area contributed by atoms with E-state index in [1.54, 1.807) is 0 Å². The lowest BCUT2D eigenvalue weighted by Gasteiger charge is -2.23. The molecule has 0 bridgehead atoms. The van der Waals surface area contributed by atoms with Crippen LogP contribution in [0.5, 0.6) is 0 Å². The summed E-state index contributed by atoms with van der Waals surface area (Å²) in [4.78, 5) is 17.6. The van der Waals surface area contributed by atoms with Crippen molar-refractivity contribution < 1.29 is 4.79 Å². The summed E-state index contributed by atoms with van der Waals surface area (Å²) in [6.07, 6.45) is 5.33. The molecule has 5 nitrogen and oxygen atoms in total. The van der Waals surface area contributed by atoms with E-state index < -0.39 is 0 Å². The van der Waals surface area contributed by atoms with Gasteiger partial charge in [-0.15, -0.1) is 0 Å². The molecule has 0 N–H and O–H groups in total. The second kappa shape index (κ2) is 7.12. The summed E-state index contributed by atoms with van der Waals surface area (Å²) in [6, 6.07) is 6.85. The predicted molar refractivity (Wildman–Crippen MR) is 108 cm³/mol. The molecule has 0 atom stereocenters. The summed E-state index contributed by atoms with van der Waals surface area (Å²) < 4.78 is 2.04. The number of likely N-dealkylation sites (N-methyl/N-ethyl adjacent to an activating group) is 1. The van der Waals surface area contributed by atoms with Crippen LogP contribution in [0.25, 0.3) is 5.69 Å². The molecular weight excluding hydrogens is 336 g/mol. The first kappa shape index (κ1) is 18.2. The van der Waals surface area contributed by atoms with E-state index in [0.29, 0.717) is 11.7 Å². The Labute approximate surface area is 162 Å². The number of nitrogens with zero attached hydrogens (tertiary/aromatic N) is 4. The van der Waals surface area contributed by atoms with Crippen molar-refractivity contribution in [2.75, 3.05) is 27.2 Å². The maximum Gasteiger partial charge on any atom is 0.274 e. The highest BCUT2D eigenvalue weighted by molar-refractivity contribution is 5.94. The largest absolute Gasteiger partial charge is 0.333 e. The highest BCUT2D eigenvalue weighted by Gasteiger charge is 2.36. The van der Waals surface area contributed by atoms with Crippen LogP contribution in [0.4, 0.5) is 0 Å². The second-order valence-corrected chi connectivity index (χ2v) is 8.36. The zero-order valence-electron chi connectivity index (χ0n) is 17.0. The van der Waals surface area contributed by atoms with Crippen molar-refractivity contribution in [1.82, 2.24) is 19.6 Å². The lowest BCUT2D eigenvalue weighted by molar-refractivity contribution is 0.0724. The van der Waals surface area contributed by atoms with Gasteiger partial charge in [0.2, 0.25) is 0 Å². The summed E-state index contributed by atoms with van der Waals surface area (Å²) in [5.74, 6) is 0.126. The number of aromatic nitrogens is 2. The molecule has 2 aliphatic carbocycles. The average molecular weight is 367 g/mol. The number of amides is 1. The Morgan fingerprint density at radius 1 is 1.19 bits per heavy atom. The summed E-state index contributed by atoms with van der Waals surface area (Å²) in [6.45, 7) is 5.90. The minimum absolute atomic E-state index is 0.126. The van der Waals surface area contributed by atoms with Gasteiger partial charge in [-0.05, 0) is 71.7 Å². The minimum atomic E-state index is 0.126. The molecular formula is C22H30N4O. The maximum atomic E-state index is 13.4. The van der Waals surface area contributed by atoms with Crippen molar-refractivity contribution in [2.24, 2.45) is 0 Å². The molecule has 144 valence electrons. The van der Waals surface area contributed by atoms with Crippen LogP contribution >= 0.6 is 0 Å². The van der Waals surface area contributed by atoms with Gasteiger partial charge in [-0.2, -0.15) is 5.10 Å². The predicted octanol–water partition coefficient (Wildman–Crippen LogP) is 3.14. The van der Waals surface area contributed by atoms with E-state index in [1.807, 2.05) is 4.68 Å². The fourth-order valence-electron chi connectivity index (χ4n) is 4.13. The molecule has 4 rings (SSSR count). The molecule has 0 spiro atoms. The Bertz CT molecular complexity index is 863. The van der Waals surface area contributed by atoms with Crippen LogP contribution in [0.1, 0.15) is 52.1 Å². The third-order valence-corrected chi connectivity index (χ3v) is 5.75. The van der Waals surface area contributed by atoms with E-state index >= 15 is 0 Å². The van der Waals surface area contributed by atoms with Gasteiger partial charge in [0.05, 0.1) is 5.69 Å². The van der Waals surface area contributed by atoms with Gasteiger partial charge in [0.25, 0.3) is 5.91 Å². The van der Waals surface area contributed by atoms with E-state index in [9.17, 15) is 4.79 Å². The minimum Gasteiger partial charge on any atom is -0.333 e. The molecule has 1 aromatic carbocycles. The normalized spacial score (nSPS) is 16.0. The number of fused-ring (bicyclic) bond motifs is 1. The lowest BCUT2D eigenvalue weighted by atomic mass is 10.1. The fourth-order valence-corrected chi connectivity index (χ4v) is 4.13. The van der Waals surface area contributed by atoms with Crippen LogP contribution in [-0.4, -0.2) is 58.7 Å². The molecule has 1 heterocycles. The summed E-state index contributed by atoms with van der Waals surface area (Å²) in [5, 5.41) is 4.86. The molecule has 0 aliphatic heterocycles. The molecule has 0 unspecified atom stereocenters. The van der Waals surface area contributed by atoms with E-state index in [2.05, 4.69) is 55.9 Å². The summed E-state index contributed by atoms with van der Waals surface area (Å²) in [7, 11) is 4.12. The van der Waals surface area contributed by atoms with E-state index in [4.69, 9.17) is 5.10 Å². The smallest absolute Gasteiger partial charge is 0.274 e. The lowest BCUT2D eigenvalue weighted by Crippen LogP contribution is -2.38.